The van der Waals surface area contributed by atoms with Crippen molar-refractivity contribution in [1.82, 2.24) is 0 Å². The molecule has 0 bridgehead atoms. The molecule has 0 fully saturated rings. The molecule has 2 aromatic carbocycles. The minimum absolute atomic E-state index is 0.305. The van der Waals surface area contributed by atoms with Crippen LogP contribution in [0.1, 0.15) is 13.8 Å². The zero-order chi connectivity index (χ0) is 17.2. The quantitative estimate of drug-likeness (QED) is 0.677. The molecule has 122 valence electrons. The predicted octanol–water partition coefficient (Wildman–Crippen LogP) is 5.13. The minimum Gasteiger partial charge on any atom is -0.478 e. The summed E-state index contributed by atoms with van der Waals surface area (Å²) in [5.41, 5.74) is 5.28. The second-order valence-corrected chi connectivity index (χ2v) is 7.10. The number of anilines is 2. The molecule has 0 aliphatic rings. The Kier molecular flexibility index (Phi) is 5.45. The molecule has 0 atom stereocenters. The Bertz CT molecular complexity index is 734. The summed E-state index contributed by atoms with van der Waals surface area (Å²) < 4.78 is 6.68. The zero-order valence-corrected chi connectivity index (χ0v) is 15.6. The molecule has 0 saturated heterocycles. The number of nitrogen functional groups attached to an aromatic ring is 1. The number of hydrogen-bond acceptors (Lipinski definition) is 3. The van der Waals surface area contributed by atoms with E-state index in [-0.39, 0.29) is 5.91 Å². The predicted molar refractivity (Wildman–Crippen MR) is 98.4 cm³/mol. The lowest BCUT2D eigenvalue weighted by Gasteiger charge is -2.25. The highest BCUT2D eigenvalue weighted by Gasteiger charge is 2.30. The lowest BCUT2D eigenvalue weighted by Crippen LogP contribution is -2.42. The van der Waals surface area contributed by atoms with Crippen molar-refractivity contribution in [3.05, 3.63) is 50.9 Å². The summed E-state index contributed by atoms with van der Waals surface area (Å²) in [6.45, 7) is 3.33. The van der Waals surface area contributed by atoms with Gasteiger partial charge < -0.3 is 15.8 Å². The van der Waals surface area contributed by atoms with Gasteiger partial charge in [0.15, 0.2) is 5.60 Å². The lowest BCUT2D eigenvalue weighted by atomic mass is 10.1. The van der Waals surface area contributed by atoms with Crippen molar-refractivity contribution >= 4 is 56.4 Å². The number of benzene rings is 2. The average Bonchev–Trinajstić information content (AvgIpc) is 2.47. The van der Waals surface area contributed by atoms with Crippen LogP contribution in [0.5, 0.6) is 5.75 Å². The first-order valence-corrected chi connectivity index (χ1v) is 8.24. The molecule has 0 radical (unpaired) electrons. The van der Waals surface area contributed by atoms with Crippen molar-refractivity contribution in [3.63, 3.8) is 0 Å². The molecule has 0 aromatic heterocycles. The second kappa shape index (κ2) is 6.99. The number of hydrogen-bond donors (Lipinski definition) is 2. The van der Waals surface area contributed by atoms with Crippen molar-refractivity contribution < 1.29 is 9.53 Å². The van der Waals surface area contributed by atoms with Crippen LogP contribution in [-0.4, -0.2) is 11.5 Å². The van der Waals surface area contributed by atoms with Gasteiger partial charge in [-0.3, -0.25) is 4.79 Å². The number of rotatable bonds is 4. The van der Waals surface area contributed by atoms with Crippen LogP contribution in [0.25, 0.3) is 0 Å². The third-order valence-corrected chi connectivity index (χ3v) is 4.24. The van der Waals surface area contributed by atoms with Crippen molar-refractivity contribution in [2.24, 2.45) is 0 Å². The van der Waals surface area contributed by atoms with E-state index >= 15 is 0 Å². The third kappa shape index (κ3) is 4.53. The van der Waals surface area contributed by atoms with Crippen LogP contribution < -0.4 is 15.8 Å². The molecule has 0 aliphatic heterocycles. The number of carbonyl (C=O) groups excluding carboxylic acids is 1. The zero-order valence-electron chi connectivity index (χ0n) is 12.5. The van der Waals surface area contributed by atoms with E-state index in [1.807, 2.05) is 12.1 Å². The van der Waals surface area contributed by atoms with Gasteiger partial charge in [-0.1, -0.05) is 39.1 Å². The maximum atomic E-state index is 12.5. The summed E-state index contributed by atoms with van der Waals surface area (Å²) in [6.07, 6.45) is 0. The summed E-state index contributed by atoms with van der Waals surface area (Å²) in [7, 11) is 0. The van der Waals surface area contributed by atoms with E-state index in [0.29, 0.717) is 27.2 Å². The Hall–Kier alpha value is -1.43. The Morgan fingerprint density at radius 2 is 1.78 bits per heavy atom. The smallest absolute Gasteiger partial charge is 0.268 e. The molecule has 0 aliphatic carbocycles. The minimum atomic E-state index is -1.11. The van der Waals surface area contributed by atoms with Crippen LogP contribution in [0.2, 0.25) is 10.0 Å². The Morgan fingerprint density at radius 3 is 2.39 bits per heavy atom. The third-order valence-electron chi connectivity index (χ3n) is 3.07. The molecule has 0 heterocycles. The van der Waals surface area contributed by atoms with Crippen molar-refractivity contribution in [2.75, 3.05) is 11.1 Å². The molecule has 3 N–H and O–H groups in total. The van der Waals surface area contributed by atoms with E-state index in [0.717, 1.165) is 4.47 Å². The van der Waals surface area contributed by atoms with Gasteiger partial charge in [-0.05, 0) is 50.2 Å². The number of nitrogens with one attached hydrogen (secondary N) is 1. The number of nitrogens with two attached hydrogens (primary N) is 1. The van der Waals surface area contributed by atoms with Gasteiger partial charge in [0, 0.05) is 4.47 Å². The van der Waals surface area contributed by atoms with E-state index in [4.69, 9.17) is 33.7 Å². The number of amides is 1. The molecule has 7 heteroatoms. The molecule has 2 rings (SSSR count). The topological polar surface area (TPSA) is 64.3 Å². The van der Waals surface area contributed by atoms with Crippen LogP contribution >= 0.6 is 39.1 Å². The maximum absolute atomic E-state index is 12.5. The number of halogens is 3. The first kappa shape index (κ1) is 17.9. The SMILES string of the molecule is CC(C)(Oc1ccc(Br)cc1)C(=O)Nc1cc(Cl)c(N)cc1Cl. The molecule has 2 aromatic rings. The average molecular weight is 418 g/mol. The van der Waals surface area contributed by atoms with E-state index in [2.05, 4.69) is 21.2 Å². The Balaban J connectivity index is 2.15. The number of carbonyl (C=O) groups is 1. The summed E-state index contributed by atoms with van der Waals surface area (Å²) >= 11 is 15.4. The molecular weight excluding hydrogens is 403 g/mol. The number of ether oxygens (including phenoxy) is 1. The molecule has 4 nitrogen and oxygen atoms in total. The van der Waals surface area contributed by atoms with Crippen LogP contribution in [0.4, 0.5) is 11.4 Å². The lowest BCUT2D eigenvalue weighted by molar-refractivity contribution is -0.128. The molecular formula is C16H15BrCl2N2O2. The Morgan fingerprint density at radius 1 is 1.17 bits per heavy atom. The highest BCUT2D eigenvalue weighted by Crippen LogP contribution is 2.31. The van der Waals surface area contributed by atoms with Crippen molar-refractivity contribution in [1.29, 1.82) is 0 Å². The van der Waals surface area contributed by atoms with Crippen molar-refractivity contribution in [3.8, 4) is 5.75 Å². The van der Waals surface area contributed by atoms with Crippen molar-refractivity contribution in [2.45, 2.75) is 19.4 Å². The molecule has 0 spiro atoms. The Labute approximate surface area is 153 Å². The maximum Gasteiger partial charge on any atom is 0.268 e. The molecule has 0 saturated carbocycles. The normalized spacial score (nSPS) is 11.2. The summed E-state index contributed by atoms with van der Waals surface area (Å²) in [6, 6.07) is 10.2. The summed E-state index contributed by atoms with van der Waals surface area (Å²) in [5, 5.41) is 3.33. The summed E-state index contributed by atoms with van der Waals surface area (Å²) in [4.78, 5) is 12.5. The standard InChI is InChI=1S/C16H15BrCl2N2O2/c1-16(2,23-10-5-3-9(17)4-6-10)15(22)21-14-8-11(18)13(20)7-12(14)19/h3-8H,20H2,1-2H3,(H,21,22). The largest absolute Gasteiger partial charge is 0.478 e. The molecule has 23 heavy (non-hydrogen) atoms. The van der Waals surface area contributed by atoms with Gasteiger partial charge in [0.2, 0.25) is 0 Å². The van der Waals surface area contributed by atoms with Gasteiger partial charge >= 0.3 is 0 Å². The van der Waals surface area contributed by atoms with Crippen LogP contribution in [0.3, 0.4) is 0 Å². The fourth-order valence-corrected chi connectivity index (χ4v) is 2.42. The second-order valence-electron chi connectivity index (χ2n) is 5.37. The van der Waals surface area contributed by atoms with Gasteiger partial charge in [0.25, 0.3) is 5.91 Å². The van der Waals surface area contributed by atoms with Crippen LogP contribution in [-0.2, 0) is 4.79 Å². The fraction of sp³-hybridized carbons (Fsp3) is 0.188. The first-order valence-electron chi connectivity index (χ1n) is 6.69. The van der Waals surface area contributed by atoms with Gasteiger partial charge in [-0.15, -0.1) is 0 Å². The fourth-order valence-electron chi connectivity index (χ4n) is 1.77. The van der Waals surface area contributed by atoms with E-state index in [1.165, 1.54) is 12.1 Å². The van der Waals surface area contributed by atoms with E-state index in [1.54, 1.807) is 26.0 Å². The van der Waals surface area contributed by atoms with E-state index < -0.39 is 5.60 Å². The molecule has 1 amide bonds. The van der Waals surface area contributed by atoms with Gasteiger partial charge in [0.1, 0.15) is 5.75 Å². The van der Waals surface area contributed by atoms with Gasteiger partial charge in [-0.2, -0.15) is 0 Å². The van der Waals surface area contributed by atoms with Crippen LogP contribution in [0, 0.1) is 0 Å². The highest BCUT2D eigenvalue weighted by molar-refractivity contribution is 9.10. The van der Waals surface area contributed by atoms with Crippen LogP contribution in [0.15, 0.2) is 40.9 Å². The highest BCUT2D eigenvalue weighted by atomic mass is 79.9. The van der Waals surface area contributed by atoms with E-state index in [9.17, 15) is 4.79 Å². The van der Waals surface area contributed by atoms with Gasteiger partial charge in [-0.25, -0.2) is 0 Å². The first-order chi connectivity index (χ1) is 10.7. The monoisotopic (exact) mass is 416 g/mol. The van der Waals surface area contributed by atoms with Gasteiger partial charge in [0.05, 0.1) is 21.4 Å². The summed E-state index contributed by atoms with van der Waals surface area (Å²) in [5.74, 6) is 0.220. The molecule has 0 unspecified atom stereocenters.